The summed E-state index contributed by atoms with van der Waals surface area (Å²) in [4.78, 5) is 38.9. The summed E-state index contributed by atoms with van der Waals surface area (Å²) in [7, 11) is 0. The number of benzene rings is 1. The Kier molecular flexibility index (Phi) is 8.36. The Morgan fingerprint density at radius 3 is 2.17 bits per heavy atom. The molecule has 1 fully saturated rings. The number of hydrogen-bond donors (Lipinski definition) is 1. The summed E-state index contributed by atoms with van der Waals surface area (Å²) in [6, 6.07) is 9.12. The molecule has 1 heterocycles. The molecule has 0 bridgehead atoms. The molecule has 1 aliphatic heterocycles. The van der Waals surface area contributed by atoms with Gasteiger partial charge in [0.15, 0.2) is 5.78 Å². The highest BCUT2D eigenvalue weighted by Gasteiger charge is 2.50. The maximum atomic E-state index is 13.3. The summed E-state index contributed by atoms with van der Waals surface area (Å²) in [6.07, 6.45) is 1.20. The molecule has 0 aromatic heterocycles. The molecule has 30 heavy (non-hydrogen) atoms. The molecule has 2 rings (SSSR count). The van der Waals surface area contributed by atoms with Crippen LogP contribution in [0.25, 0.3) is 0 Å². The minimum absolute atomic E-state index is 0.0788. The minimum atomic E-state index is -0.788. The average Bonchev–Trinajstić information content (AvgIpc) is 3.44. The van der Waals surface area contributed by atoms with E-state index in [0.717, 1.165) is 5.56 Å². The zero-order valence-electron chi connectivity index (χ0n) is 19.2. The number of Topliss-reactive ketones (excluding diaryl/α,β-unsaturated/α-hetero) is 2. The number of ketones is 2. The number of carbonyl (C=O) groups is 3. The highest BCUT2D eigenvalue weighted by molar-refractivity contribution is 5.97. The Labute approximate surface area is 181 Å². The summed E-state index contributed by atoms with van der Waals surface area (Å²) < 4.78 is 5.33. The number of hydrogen-bond acceptors (Lipinski definition) is 4. The van der Waals surface area contributed by atoms with Gasteiger partial charge in [0.1, 0.15) is 11.4 Å². The van der Waals surface area contributed by atoms with E-state index < -0.39 is 17.6 Å². The van der Waals surface area contributed by atoms with Gasteiger partial charge in [0, 0.05) is 18.3 Å². The van der Waals surface area contributed by atoms with Crippen molar-refractivity contribution in [2.24, 2.45) is 23.7 Å². The lowest BCUT2D eigenvalue weighted by Gasteiger charge is -2.25. The van der Waals surface area contributed by atoms with Crippen LogP contribution >= 0.6 is 0 Å². The fourth-order valence-electron chi connectivity index (χ4n) is 3.57. The van der Waals surface area contributed by atoms with Crippen molar-refractivity contribution < 1.29 is 19.1 Å². The van der Waals surface area contributed by atoms with Crippen LogP contribution in [0.4, 0.5) is 0 Å². The molecular weight excluding hydrogens is 378 g/mol. The van der Waals surface area contributed by atoms with Crippen molar-refractivity contribution in [3.63, 3.8) is 0 Å². The van der Waals surface area contributed by atoms with E-state index >= 15 is 0 Å². The quantitative estimate of drug-likeness (QED) is 0.524. The number of carbonyl (C=O) groups excluding carboxylic acids is 3. The predicted octanol–water partition coefficient (Wildman–Crippen LogP) is 3.99. The third kappa shape index (κ3) is 6.76. The van der Waals surface area contributed by atoms with E-state index in [4.69, 9.17) is 4.74 Å². The lowest BCUT2D eigenvalue weighted by Crippen LogP contribution is -2.49. The summed E-state index contributed by atoms with van der Waals surface area (Å²) in [5, 5.41) is 2.97. The fraction of sp³-hybridized carbons (Fsp3) is 0.640. The van der Waals surface area contributed by atoms with Crippen molar-refractivity contribution in [1.82, 2.24) is 5.32 Å². The zero-order valence-corrected chi connectivity index (χ0v) is 19.2. The Hall–Kier alpha value is -2.01. The summed E-state index contributed by atoms with van der Waals surface area (Å²) >= 11 is 0. The SMILES string of the molecule is CC(C)C[C@H](NC(=O)[C@@H](CC(=O)[C@@H](C)C(C)C)Cc1ccccc1)C(=O)[C@@]1(C)CO1. The van der Waals surface area contributed by atoms with Gasteiger partial charge in [0.2, 0.25) is 5.91 Å². The second kappa shape index (κ2) is 10.3. The molecule has 1 saturated heterocycles. The Bertz CT molecular complexity index is 737. The molecule has 0 saturated carbocycles. The van der Waals surface area contributed by atoms with Crippen LogP contribution < -0.4 is 5.32 Å². The first-order valence-corrected chi connectivity index (χ1v) is 11.1. The topological polar surface area (TPSA) is 75.8 Å². The van der Waals surface area contributed by atoms with Gasteiger partial charge in [-0.2, -0.15) is 0 Å². The van der Waals surface area contributed by atoms with Crippen molar-refractivity contribution in [1.29, 1.82) is 0 Å². The molecular formula is C25H37NO4. The van der Waals surface area contributed by atoms with Crippen molar-refractivity contribution in [3.8, 4) is 0 Å². The molecule has 1 aromatic rings. The van der Waals surface area contributed by atoms with Crippen molar-refractivity contribution in [2.75, 3.05) is 6.61 Å². The molecule has 1 aliphatic rings. The van der Waals surface area contributed by atoms with Crippen LogP contribution in [0.2, 0.25) is 0 Å². The third-order valence-corrected chi connectivity index (χ3v) is 6.09. The normalized spacial score (nSPS) is 21.2. The monoisotopic (exact) mass is 415 g/mol. The van der Waals surface area contributed by atoms with Crippen LogP contribution in [0.5, 0.6) is 0 Å². The highest BCUT2D eigenvalue weighted by atomic mass is 16.6. The molecule has 166 valence electrons. The van der Waals surface area contributed by atoms with Gasteiger partial charge in [0.25, 0.3) is 0 Å². The number of epoxide rings is 1. The van der Waals surface area contributed by atoms with E-state index in [1.807, 2.05) is 65.0 Å². The molecule has 1 aromatic carbocycles. The summed E-state index contributed by atoms with van der Waals surface area (Å²) in [5.41, 5.74) is 0.218. The molecule has 5 nitrogen and oxygen atoms in total. The van der Waals surface area contributed by atoms with Crippen LogP contribution in [0.3, 0.4) is 0 Å². The Morgan fingerprint density at radius 1 is 1.07 bits per heavy atom. The Morgan fingerprint density at radius 2 is 1.67 bits per heavy atom. The van der Waals surface area contributed by atoms with Gasteiger partial charge in [0.05, 0.1) is 12.6 Å². The molecule has 1 N–H and O–H groups in total. The number of nitrogens with one attached hydrogen (secondary N) is 1. The highest BCUT2D eigenvalue weighted by Crippen LogP contribution is 2.30. The van der Waals surface area contributed by atoms with Gasteiger partial charge >= 0.3 is 0 Å². The second-order valence-corrected chi connectivity index (χ2v) is 9.66. The standard InChI is InChI=1S/C25H37NO4/c1-16(2)12-21(23(28)25(6)15-30-25)26-24(29)20(13-19-10-8-7-9-11-19)14-22(27)18(5)17(3)4/h7-11,16-18,20-21H,12-15H2,1-6H3,(H,26,29)/t18-,20+,21-,25+/m0/s1. The van der Waals surface area contributed by atoms with E-state index in [1.54, 1.807) is 6.92 Å². The van der Waals surface area contributed by atoms with Crippen molar-refractivity contribution in [2.45, 2.75) is 72.4 Å². The van der Waals surface area contributed by atoms with Crippen molar-refractivity contribution in [3.05, 3.63) is 35.9 Å². The molecule has 0 spiro atoms. The Balaban J connectivity index is 2.18. The van der Waals surface area contributed by atoms with Gasteiger partial charge in [-0.1, -0.05) is 65.0 Å². The van der Waals surface area contributed by atoms with Crippen LogP contribution in [-0.4, -0.2) is 35.7 Å². The van der Waals surface area contributed by atoms with E-state index in [1.165, 1.54) is 0 Å². The first-order valence-electron chi connectivity index (χ1n) is 11.1. The van der Waals surface area contributed by atoms with Gasteiger partial charge in [-0.3, -0.25) is 14.4 Å². The largest absolute Gasteiger partial charge is 0.361 e. The van der Waals surface area contributed by atoms with Gasteiger partial charge in [-0.05, 0) is 37.2 Å². The maximum absolute atomic E-state index is 13.3. The minimum Gasteiger partial charge on any atom is -0.361 e. The predicted molar refractivity (Wildman–Crippen MR) is 118 cm³/mol. The molecule has 4 atom stereocenters. The smallest absolute Gasteiger partial charge is 0.224 e. The summed E-state index contributed by atoms with van der Waals surface area (Å²) in [5.74, 6) is -0.363. The lowest BCUT2D eigenvalue weighted by molar-refractivity contribution is -0.134. The first-order chi connectivity index (χ1) is 14.0. The van der Waals surface area contributed by atoms with Crippen LogP contribution in [0.1, 0.15) is 59.9 Å². The molecule has 0 unspecified atom stereocenters. The van der Waals surface area contributed by atoms with Crippen LogP contribution in [0, 0.1) is 23.7 Å². The van der Waals surface area contributed by atoms with Gasteiger partial charge < -0.3 is 10.1 Å². The van der Waals surface area contributed by atoms with E-state index in [9.17, 15) is 14.4 Å². The van der Waals surface area contributed by atoms with E-state index in [-0.39, 0.29) is 41.6 Å². The van der Waals surface area contributed by atoms with Gasteiger partial charge in [-0.15, -0.1) is 0 Å². The van der Waals surface area contributed by atoms with Gasteiger partial charge in [-0.25, -0.2) is 0 Å². The van der Waals surface area contributed by atoms with E-state index in [2.05, 4.69) is 5.32 Å². The number of ether oxygens (including phenoxy) is 1. The number of rotatable bonds is 12. The molecule has 0 aliphatic carbocycles. The van der Waals surface area contributed by atoms with Crippen molar-refractivity contribution >= 4 is 17.5 Å². The fourth-order valence-corrected chi connectivity index (χ4v) is 3.57. The molecule has 1 amide bonds. The molecule has 5 heteroatoms. The maximum Gasteiger partial charge on any atom is 0.224 e. The first kappa shape index (κ1) is 24.3. The third-order valence-electron chi connectivity index (χ3n) is 6.09. The zero-order chi connectivity index (χ0) is 22.5. The van der Waals surface area contributed by atoms with Crippen LogP contribution in [0.15, 0.2) is 30.3 Å². The second-order valence-electron chi connectivity index (χ2n) is 9.66. The number of amides is 1. The summed E-state index contributed by atoms with van der Waals surface area (Å²) in [6.45, 7) is 12.2. The molecule has 0 radical (unpaired) electrons. The van der Waals surface area contributed by atoms with E-state index in [0.29, 0.717) is 19.4 Å². The lowest BCUT2D eigenvalue weighted by atomic mass is 9.85. The van der Waals surface area contributed by atoms with Crippen LogP contribution in [-0.2, 0) is 25.5 Å². The average molecular weight is 416 g/mol.